The normalized spacial score (nSPS) is 19.3. The second-order valence-corrected chi connectivity index (χ2v) is 5.33. The first-order valence-electron chi connectivity index (χ1n) is 5.20. The van der Waals surface area contributed by atoms with E-state index in [4.69, 9.17) is 4.74 Å². The fraction of sp³-hybridized carbons (Fsp3) is 0.667. The van der Waals surface area contributed by atoms with Crippen LogP contribution in [0, 0.1) is 12.3 Å². The third-order valence-electron chi connectivity index (χ3n) is 2.28. The molecule has 2 radical (unpaired) electrons. The van der Waals surface area contributed by atoms with Crippen LogP contribution in [-0.4, -0.2) is 29.7 Å². The second kappa shape index (κ2) is 3.87. The number of likely N-dealkylation sites (tertiary alicyclic amines) is 1. The third kappa shape index (κ3) is 3.26. The van der Waals surface area contributed by atoms with Crippen molar-refractivity contribution >= 4 is 6.09 Å². The Bertz CT molecular complexity index is 265. The van der Waals surface area contributed by atoms with Crippen molar-refractivity contribution in [3.05, 3.63) is 19.6 Å². The molecule has 3 heteroatoms. The summed E-state index contributed by atoms with van der Waals surface area (Å²) in [6.45, 7) is 14.7. The van der Waals surface area contributed by atoms with Crippen LogP contribution in [0.3, 0.4) is 0 Å². The van der Waals surface area contributed by atoms with E-state index in [2.05, 4.69) is 13.5 Å². The van der Waals surface area contributed by atoms with Crippen molar-refractivity contribution in [3.63, 3.8) is 0 Å². The summed E-state index contributed by atoms with van der Waals surface area (Å²) < 4.78 is 5.25. The molecule has 0 unspecified atom stereocenters. The number of allylic oxidation sites excluding steroid dienone is 1. The summed E-state index contributed by atoms with van der Waals surface area (Å²) in [5.74, 6) is 0. The number of amides is 1. The molecule has 1 amide bonds. The minimum atomic E-state index is -0.422. The maximum Gasteiger partial charge on any atom is 0.410 e. The zero-order valence-corrected chi connectivity index (χ0v) is 9.88. The van der Waals surface area contributed by atoms with Gasteiger partial charge < -0.3 is 9.64 Å². The Morgan fingerprint density at radius 3 is 2.53 bits per heavy atom. The molecule has 0 N–H and O–H groups in total. The predicted octanol–water partition coefficient (Wildman–Crippen LogP) is 2.75. The van der Waals surface area contributed by atoms with Crippen molar-refractivity contribution in [3.8, 4) is 0 Å². The molecule has 86 valence electrons. The highest BCUT2D eigenvalue weighted by atomic mass is 16.6. The van der Waals surface area contributed by atoms with Crippen molar-refractivity contribution in [2.75, 3.05) is 13.1 Å². The van der Waals surface area contributed by atoms with Gasteiger partial charge >= 0.3 is 6.09 Å². The van der Waals surface area contributed by atoms with Crippen LogP contribution in [0.4, 0.5) is 4.79 Å². The van der Waals surface area contributed by atoms with E-state index < -0.39 is 5.60 Å². The summed E-state index contributed by atoms with van der Waals surface area (Å²) in [6, 6.07) is 0. The molecule has 3 nitrogen and oxygen atoms in total. The number of carbonyl (C=O) groups is 1. The van der Waals surface area contributed by atoms with Gasteiger partial charge in [0.15, 0.2) is 0 Å². The molecule has 1 fully saturated rings. The second-order valence-electron chi connectivity index (χ2n) is 5.33. The molecule has 0 aliphatic carbocycles. The lowest BCUT2D eigenvalue weighted by atomic mass is 9.79. The van der Waals surface area contributed by atoms with E-state index in [9.17, 15) is 4.79 Å². The highest BCUT2D eigenvalue weighted by molar-refractivity contribution is 5.69. The third-order valence-corrected chi connectivity index (χ3v) is 2.28. The van der Waals surface area contributed by atoms with E-state index in [0.29, 0.717) is 13.1 Å². The van der Waals surface area contributed by atoms with Crippen molar-refractivity contribution in [1.82, 2.24) is 4.90 Å². The van der Waals surface area contributed by atoms with Crippen molar-refractivity contribution in [2.45, 2.75) is 32.8 Å². The van der Waals surface area contributed by atoms with Crippen LogP contribution >= 0.6 is 0 Å². The summed E-state index contributed by atoms with van der Waals surface area (Å²) in [4.78, 5) is 13.3. The van der Waals surface area contributed by atoms with Crippen LogP contribution in [0.5, 0.6) is 0 Å². The van der Waals surface area contributed by atoms with E-state index in [1.54, 1.807) is 4.90 Å². The topological polar surface area (TPSA) is 29.5 Å². The Hall–Kier alpha value is -0.990. The lowest BCUT2D eigenvalue weighted by Gasteiger charge is -2.47. The highest BCUT2D eigenvalue weighted by Crippen LogP contribution is 2.33. The lowest BCUT2D eigenvalue weighted by Crippen LogP contribution is -2.57. The minimum Gasteiger partial charge on any atom is -0.444 e. The summed E-state index contributed by atoms with van der Waals surface area (Å²) >= 11 is 0. The van der Waals surface area contributed by atoms with Crippen LogP contribution in [0.25, 0.3) is 0 Å². The van der Waals surface area contributed by atoms with Gasteiger partial charge in [-0.15, -0.1) is 6.58 Å². The first-order chi connectivity index (χ1) is 6.76. The Labute approximate surface area is 93.6 Å². The summed E-state index contributed by atoms with van der Waals surface area (Å²) in [5, 5.41) is 0. The summed E-state index contributed by atoms with van der Waals surface area (Å²) in [7, 11) is 0. The van der Waals surface area contributed by atoms with Gasteiger partial charge in [-0.3, -0.25) is 0 Å². The fourth-order valence-corrected chi connectivity index (χ4v) is 1.65. The molecule has 1 rings (SSSR count). The quantitative estimate of drug-likeness (QED) is 0.657. The van der Waals surface area contributed by atoms with Crippen molar-refractivity contribution in [1.29, 1.82) is 0 Å². The van der Waals surface area contributed by atoms with Gasteiger partial charge in [-0.1, -0.05) is 6.08 Å². The number of carbonyl (C=O) groups excluding carboxylic acids is 1. The van der Waals surface area contributed by atoms with Crippen molar-refractivity contribution in [2.24, 2.45) is 5.41 Å². The number of ether oxygens (including phenoxy) is 1. The molecule has 1 aliphatic rings. The standard InChI is InChI=1S/C12H20NO2.H/c1-6-7-12(5)8-13(9-12)10(14)15-11(2,3)4;/h6H,1,5,7-9H2,2-4H3;. The van der Waals surface area contributed by atoms with Gasteiger partial charge in [0.05, 0.1) is 0 Å². The molecule has 0 aromatic heterocycles. The van der Waals surface area contributed by atoms with Gasteiger partial charge in [-0.2, -0.15) is 0 Å². The Balaban J connectivity index is 0.00000225. The predicted molar refractivity (Wildman–Crippen MR) is 61.5 cm³/mol. The molecule has 1 aliphatic heterocycles. The first kappa shape index (κ1) is 12.1. The Morgan fingerprint density at radius 1 is 1.60 bits per heavy atom. The van der Waals surface area contributed by atoms with E-state index in [1.165, 1.54) is 0 Å². The maximum absolute atomic E-state index is 11.6. The first-order valence-corrected chi connectivity index (χ1v) is 5.20. The fourth-order valence-electron chi connectivity index (χ4n) is 1.65. The molecule has 1 heterocycles. The van der Waals surface area contributed by atoms with Crippen LogP contribution in [0.15, 0.2) is 12.7 Å². The summed E-state index contributed by atoms with van der Waals surface area (Å²) in [6.07, 6.45) is 2.44. The molecular formula is C12H21NO2. The minimum absolute atomic E-state index is 0. The van der Waals surface area contributed by atoms with E-state index in [0.717, 1.165) is 6.42 Å². The molecule has 15 heavy (non-hydrogen) atoms. The van der Waals surface area contributed by atoms with E-state index in [-0.39, 0.29) is 12.9 Å². The van der Waals surface area contributed by atoms with Crippen LogP contribution in [0.1, 0.15) is 28.6 Å². The summed E-state index contributed by atoms with van der Waals surface area (Å²) in [5.41, 5.74) is -0.465. The zero-order chi connectivity index (χ0) is 11.7. The number of rotatable bonds is 2. The molecule has 1 saturated heterocycles. The van der Waals surface area contributed by atoms with Crippen molar-refractivity contribution < 1.29 is 11.0 Å². The Morgan fingerprint density at radius 2 is 2.13 bits per heavy atom. The molecule has 0 spiro atoms. The van der Waals surface area contributed by atoms with Crippen LogP contribution in [-0.2, 0) is 4.74 Å². The monoisotopic (exact) mass is 211 g/mol. The molecular weight excluding hydrogens is 190 g/mol. The molecule has 0 aromatic rings. The largest absolute Gasteiger partial charge is 0.444 e. The maximum atomic E-state index is 11.6. The average Bonchev–Trinajstić information content (AvgIpc) is 1.96. The SMILES string of the molecule is [CH2]C1(CC=C)CN(C(=O)OC(C)(C)C)C1.[H]. The van der Waals surface area contributed by atoms with Gasteiger partial charge in [0.2, 0.25) is 0 Å². The molecule has 0 atom stereocenters. The molecule has 0 aromatic carbocycles. The average molecular weight is 211 g/mol. The number of hydrogen-bond acceptors (Lipinski definition) is 2. The van der Waals surface area contributed by atoms with Gasteiger partial charge in [-0.25, -0.2) is 4.79 Å². The van der Waals surface area contributed by atoms with E-state index >= 15 is 0 Å². The van der Waals surface area contributed by atoms with Crippen LogP contribution < -0.4 is 0 Å². The lowest BCUT2D eigenvalue weighted by molar-refractivity contribution is -0.0185. The number of nitrogens with zero attached hydrogens (tertiary/aromatic N) is 1. The smallest absolute Gasteiger partial charge is 0.410 e. The zero-order valence-electron chi connectivity index (χ0n) is 10.9. The van der Waals surface area contributed by atoms with Crippen LogP contribution in [0.2, 0.25) is 0 Å². The van der Waals surface area contributed by atoms with Gasteiger partial charge in [-0.05, 0) is 34.1 Å². The highest BCUT2D eigenvalue weighted by Gasteiger charge is 2.41. The Kier molecular flexibility index (Phi) is 3.12. The molecule has 0 bridgehead atoms. The van der Waals surface area contributed by atoms with Gasteiger partial charge in [0, 0.05) is 19.9 Å². The van der Waals surface area contributed by atoms with Gasteiger partial charge in [0.25, 0.3) is 0 Å². The van der Waals surface area contributed by atoms with E-state index in [1.807, 2.05) is 26.8 Å². The molecule has 0 saturated carbocycles. The number of hydrogen-bond donors (Lipinski definition) is 0. The van der Waals surface area contributed by atoms with Gasteiger partial charge in [0.1, 0.15) is 5.60 Å².